The molecule has 3 nitrogen and oxygen atoms in total. The Hall–Kier alpha value is -1.21. The van der Waals surface area contributed by atoms with Gasteiger partial charge in [-0.2, -0.15) is 0 Å². The molecule has 0 aliphatic heterocycles. The maximum atomic E-state index is 11.4. The lowest BCUT2D eigenvalue weighted by molar-refractivity contribution is 0.0911. The molecule has 0 aromatic carbocycles. The number of carbonyl (C=O) groups excluding carboxylic acids is 1. The number of amides is 1. The highest BCUT2D eigenvalue weighted by Crippen LogP contribution is 2.13. The third-order valence-electron chi connectivity index (χ3n) is 1.60. The smallest absolute Gasteiger partial charge is 0.287 e. The van der Waals surface area contributed by atoms with Gasteiger partial charge >= 0.3 is 0 Å². The fourth-order valence-electron chi connectivity index (χ4n) is 0.959. The van der Waals surface area contributed by atoms with Crippen LogP contribution in [-0.4, -0.2) is 11.9 Å². The predicted octanol–water partition coefficient (Wildman–Crippen LogP) is 2.18. The van der Waals surface area contributed by atoms with Gasteiger partial charge in [-0.05, 0) is 35.0 Å². The minimum absolute atomic E-state index is 0.0450. The Balaban J connectivity index is 2.55. The van der Waals surface area contributed by atoms with Crippen molar-refractivity contribution in [2.45, 2.75) is 19.4 Å². The van der Waals surface area contributed by atoms with Crippen molar-refractivity contribution in [1.29, 1.82) is 0 Å². The minimum atomic E-state index is -0.251. The van der Waals surface area contributed by atoms with Gasteiger partial charge in [-0.25, -0.2) is 0 Å². The summed E-state index contributed by atoms with van der Waals surface area (Å²) < 4.78 is 5.61. The second-order valence-electron chi connectivity index (χ2n) is 2.89. The maximum Gasteiger partial charge on any atom is 0.287 e. The first-order chi connectivity index (χ1) is 6.63. The first-order valence-corrected chi connectivity index (χ1v) is 4.92. The molecular formula is C10H10BrNO2. The second-order valence-corrected chi connectivity index (χ2v) is 3.67. The SMILES string of the molecule is C#CCC(C)NC(=O)c1ccc(Br)o1. The van der Waals surface area contributed by atoms with Gasteiger partial charge < -0.3 is 9.73 Å². The molecule has 1 amide bonds. The lowest BCUT2D eigenvalue weighted by Crippen LogP contribution is -2.31. The Morgan fingerprint density at radius 1 is 1.79 bits per heavy atom. The van der Waals surface area contributed by atoms with E-state index in [2.05, 4.69) is 27.2 Å². The van der Waals surface area contributed by atoms with Gasteiger partial charge in [-0.1, -0.05) is 0 Å². The molecule has 74 valence electrons. The quantitative estimate of drug-likeness (QED) is 0.842. The van der Waals surface area contributed by atoms with Crippen molar-refractivity contribution >= 4 is 21.8 Å². The van der Waals surface area contributed by atoms with Crippen LogP contribution in [0, 0.1) is 12.3 Å². The Morgan fingerprint density at radius 3 is 3.00 bits per heavy atom. The number of halogens is 1. The molecule has 1 unspecified atom stereocenters. The number of carbonyl (C=O) groups is 1. The van der Waals surface area contributed by atoms with E-state index < -0.39 is 0 Å². The number of terminal acetylenes is 1. The summed E-state index contributed by atoms with van der Waals surface area (Å²) in [4.78, 5) is 11.4. The van der Waals surface area contributed by atoms with Gasteiger partial charge in [0.15, 0.2) is 10.4 Å². The summed E-state index contributed by atoms with van der Waals surface area (Å²) in [7, 11) is 0. The molecule has 1 aromatic rings. The van der Waals surface area contributed by atoms with E-state index in [-0.39, 0.29) is 17.7 Å². The van der Waals surface area contributed by atoms with E-state index in [0.717, 1.165) is 0 Å². The average molecular weight is 256 g/mol. The summed E-state index contributed by atoms with van der Waals surface area (Å²) >= 11 is 3.12. The first kappa shape index (κ1) is 10.9. The van der Waals surface area contributed by atoms with Gasteiger partial charge in [-0.15, -0.1) is 12.3 Å². The van der Waals surface area contributed by atoms with Crippen molar-refractivity contribution < 1.29 is 9.21 Å². The molecule has 4 heteroatoms. The van der Waals surface area contributed by atoms with Gasteiger partial charge in [-0.3, -0.25) is 4.79 Å². The molecule has 0 aliphatic rings. The summed E-state index contributed by atoms with van der Waals surface area (Å²) in [5.41, 5.74) is 0. The van der Waals surface area contributed by atoms with Crippen LogP contribution in [0.25, 0.3) is 0 Å². The van der Waals surface area contributed by atoms with Crippen molar-refractivity contribution in [3.63, 3.8) is 0 Å². The zero-order valence-corrected chi connectivity index (χ0v) is 9.30. The lowest BCUT2D eigenvalue weighted by atomic mass is 10.2. The highest BCUT2D eigenvalue weighted by Gasteiger charge is 2.12. The van der Waals surface area contributed by atoms with Gasteiger partial charge in [0, 0.05) is 12.5 Å². The van der Waals surface area contributed by atoms with E-state index in [4.69, 9.17) is 10.8 Å². The molecule has 1 atom stereocenters. The predicted molar refractivity (Wildman–Crippen MR) is 56.8 cm³/mol. The Labute approximate surface area is 91.0 Å². The molecule has 0 saturated carbocycles. The van der Waals surface area contributed by atoms with Crippen LogP contribution in [0.15, 0.2) is 21.2 Å². The van der Waals surface area contributed by atoms with Crippen molar-refractivity contribution in [2.75, 3.05) is 0 Å². The third kappa shape index (κ3) is 2.93. The number of nitrogens with one attached hydrogen (secondary N) is 1. The first-order valence-electron chi connectivity index (χ1n) is 4.13. The molecule has 0 saturated heterocycles. The number of furan rings is 1. The fourth-order valence-corrected chi connectivity index (χ4v) is 1.27. The second kappa shape index (κ2) is 4.87. The average Bonchev–Trinajstić information content (AvgIpc) is 2.52. The molecule has 1 heterocycles. The summed E-state index contributed by atoms with van der Waals surface area (Å²) in [6.45, 7) is 1.84. The van der Waals surface area contributed by atoms with E-state index >= 15 is 0 Å². The fraction of sp³-hybridized carbons (Fsp3) is 0.300. The van der Waals surface area contributed by atoms with Crippen molar-refractivity contribution in [3.8, 4) is 12.3 Å². The summed E-state index contributed by atoms with van der Waals surface area (Å²) in [6.07, 6.45) is 5.62. The summed E-state index contributed by atoms with van der Waals surface area (Å²) in [6, 6.07) is 3.22. The maximum absolute atomic E-state index is 11.4. The molecule has 0 fully saturated rings. The molecule has 0 radical (unpaired) electrons. The summed E-state index contributed by atoms with van der Waals surface area (Å²) in [5, 5.41) is 2.71. The van der Waals surface area contributed by atoms with Gasteiger partial charge in [0.25, 0.3) is 5.91 Å². The highest BCUT2D eigenvalue weighted by molar-refractivity contribution is 9.10. The molecule has 14 heavy (non-hydrogen) atoms. The van der Waals surface area contributed by atoms with E-state index in [9.17, 15) is 4.79 Å². The van der Waals surface area contributed by atoms with Crippen LogP contribution in [-0.2, 0) is 0 Å². The van der Waals surface area contributed by atoms with Crippen LogP contribution >= 0.6 is 15.9 Å². The highest BCUT2D eigenvalue weighted by atomic mass is 79.9. The van der Waals surface area contributed by atoms with Gasteiger partial charge in [0.05, 0.1) is 0 Å². The Bertz CT molecular complexity index is 364. The third-order valence-corrected chi connectivity index (χ3v) is 2.02. The van der Waals surface area contributed by atoms with Crippen LogP contribution in [0.4, 0.5) is 0 Å². The number of hydrogen-bond donors (Lipinski definition) is 1. The van der Waals surface area contributed by atoms with Crippen LogP contribution in [0.3, 0.4) is 0 Å². The van der Waals surface area contributed by atoms with Crippen molar-refractivity contribution in [3.05, 3.63) is 22.6 Å². The Morgan fingerprint density at radius 2 is 2.50 bits per heavy atom. The van der Waals surface area contributed by atoms with E-state index in [1.54, 1.807) is 12.1 Å². The van der Waals surface area contributed by atoms with Gasteiger partial charge in [0.1, 0.15) is 0 Å². The Kier molecular flexibility index (Phi) is 3.78. The van der Waals surface area contributed by atoms with Crippen LogP contribution in [0.5, 0.6) is 0 Å². The normalized spacial score (nSPS) is 11.8. The largest absolute Gasteiger partial charge is 0.444 e. The molecule has 1 N–H and O–H groups in total. The molecule has 0 aliphatic carbocycles. The number of hydrogen-bond acceptors (Lipinski definition) is 2. The molecule has 0 spiro atoms. The van der Waals surface area contributed by atoms with Crippen molar-refractivity contribution in [1.82, 2.24) is 5.32 Å². The standard InChI is InChI=1S/C10H10BrNO2/c1-3-4-7(2)12-10(13)8-5-6-9(11)14-8/h1,5-7H,4H2,2H3,(H,12,13). The minimum Gasteiger partial charge on any atom is -0.444 e. The number of rotatable bonds is 3. The molecule has 1 aromatic heterocycles. The summed E-state index contributed by atoms with van der Waals surface area (Å²) in [5.74, 6) is 2.50. The van der Waals surface area contributed by atoms with E-state index in [1.165, 1.54) is 0 Å². The van der Waals surface area contributed by atoms with Crippen LogP contribution in [0.1, 0.15) is 23.9 Å². The monoisotopic (exact) mass is 255 g/mol. The van der Waals surface area contributed by atoms with E-state index in [1.807, 2.05) is 6.92 Å². The molecule has 1 rings (SSSR count). The van der Waals surface area contributed by atoms with E-state index in [0.29, 0.717) is 11.1 Å². The molecular weight excluding hydrogens is 246 g/mol. The van der Waals surface area contributed by atoms with Crippen LogP contribution < -0.4 is 5.32 Å². The molecule has 0 bridgehead atoms. The zero-order valence-electron chi connectivity index (χ0n) is 7.71. The van der Waals surface area contributed by atoms with Gasteiger partial charge in [0.2, 0.25) is 0 Å². The zero-order chi connectivity index (χ0) is 10.6. The lowest BCUT2D eigenvalue weighted by Gasteiger charge is -2.08. The van der Waals surface area contributed by atoms with Crippen molar-refractivity contribution in [2.24, 2.45) is 0 Å². The topological polar surface area (TPSA) is 42.2 Å². The van der Waals surface area contributed by atoms with Crippen LogP contribution in [0.2, 0.25) is 0 Å².